The first kappa shape index (κ1) is 21.7. The van der Waals surface area contributed by atoms with Crippen molar-refractivity contribution in [3.05, 3.63) is 82.9 Å². The second-order valence-corrected chi connectivity index (χ2v) is 8.23. The van der Waals surface area contributed by atoms with Crippen LogP contribution < -0.4 is 5.32 Å². The lowest BCUT2D eigenvalue weighted by Crippen LogP contribution is -2.20. The highest BCUT2D eigenvalue weighted by molar-refractivity contribution is 6.31. The number of benzene rings is 2. The third-order valence-electron chi connectivity index (χ3n) is 5.68. The van der Waals surface area contributed by atoms with Crippen molar-refractivity contribution in [3.8, 4) is 16.8 Å². The third-order valence-corrected chi connectivity index (χ3v) is 5.91. The molecule has 2 aromatic heterocycles. The van der Waals surface area contributed by atoms with Gasteiger partial charge in [-0.25, -0.2) is 4.79 Å². The normalized spacial score (nSPS) is 16.8. The molecule has 2 heterocycles. The topological polar surface area (TPSA) is 143 Å². The van der Waals surface area contributed by atoms with Crippen molar-refractivity contribution >= 4 is 29.2 Å². The van der Waals surface area contributed by atoms with Gasteiger partial charge in [-0.3, -0.25) is 9.78 Å². The van der Waals surface area contributed by atoms with Gasteiger partial charge in [0.2, 0.25) is 5.91 Å². The van der Waals surface area contributed by atoms with Crippen molar-refractivity contribution in [2.24, 2.45) is 0 Å². The van der Waals surface area contributed by atoms with Crippen molar-refractivity contribution in [2.45, 2.75) is 18.4 Å². The third kappa shape index (κ3) is 4.00. The smallest absolute Gasteiger partial charge is 0.335 e. The Morgan fingerprint density at radius 2 is 1.91 bits per heavy atom. The number of hydrogen-bond acceptors (Lipinski definition) is 7. The number of halogens is 1. The average molecular weight is 477 g/mol. The van der Waals surface area contributed by atoms with E-state index in [4.69, 9.17) is 16.7 Å². The number of nitrogens with one attached hydrogen (secondary N) is 1. The van der Waals surface area contributed by atoms with Crippen LogP contribution in [0, 0.1) is 0 Å². The lowest BCUT2D eigenvalue weighted by atomic mass is 10.0. The van der Waals surface area contributed by atoms with Crippen molar-refractivity contribution in [2.75, 3.05) is 5.32 Å². The van der Waals surface area contributed by atoms with Gasteiger partial charge in [0.05, 0.1) is 29.0 Å². The predicted molar refractivity (Wildman–Crippen MR) is 122 cm³/mol. The van der Waals surface area contributed by atoms with Crippen molar-refractivity contribution < 1.29 is 19.8 Å². The second kappa shape index (κ2) is 8.65. The van der Waals surface area contributed by atoms with Gasteiger partial charge in [0.15, 0.2) is 0 Å². The summed E-state index contributed by atoms with van der Waals surface area (Å²) in [5.74, 6) is -2.04. The lowest BCUT2D eigenvalue weighted by molar-refractivity contribution is -0.118. The highest BCUT2D eigenvalue weighted by Gasteiger charge is 2.36. The van der Waals surface area contributed by atoms with Crippen molar-refractivity contribution in [1.82, 2.24) is 25.2 Å². The number of aliphatic hydroxyl groups excluding tert-OH is 1. The van der Waals surface area contributed by atoms with Gasteiger partial charge in [-0.1, -0.05) is 11.6 Å². The van der Waals surface area contributed by atoms with E-state index in [0.717, 1.165) is 0 Å². The number of fused-ring (bicyclic) bond motifs is 1. The number of pyridine rings is 1. The van der Waals surface area contributed by atoms with Crippen LogP contribution in [-0.2, 0) is 4.79 Å². The van der Waals surface area contributed by atoms with Gasteiger partial charge in [-0.15, -0.1) is 5.10 Å². The molecule has 10 nitrogen and oxygen atoms in total. The molecule has 5 rings (SSSR count). The summed E-state index contributed by atoms with van der Waals surface area (Å²) >= 11 is 6.23. The van der Waals surface area contributed by atoms with E-state index in [-0.39, 0.29) is 17.9 Å². The Morgan fingerprint density at radius 1 is 1.12 bits per heavy atom. The van der Waals surface area contributed by atoms with Crippen LogP contribution >= 0.6 is 11.6 Å². The Kier molecular flexibility index (Phi) is 5.52. The maximum Gasteiger partial charge on any atom is 0.335 e. The van der Waals surface area contributed by atoms with E-state index < -0.39 is 18.0 Å². The first-order valence-corrected chi connectivity index (χ1v) is 10.6. The summed E-state index contributed by atoms with van der Waals surface area (Å²) in [6.45, 7) is 0. The number of hydrogen-bond donors (Lipinski definition) is 3. The Balaban J connectivity index is 1.44. The molecule has 0 saturated carbocycles. The number of nitrogens with zero attached hydrogens (tertiary/aromatic N) is 5. The van der Waals surface area contributed by atoms with Crippen LogP contribution in [-0.4, -0.2) is 47.3 Å². The largest absolute Gasteiger partial charge is 0.478 e. The monoisotopic (exact) mass is 476 g/mol. The molecule has 0 aliphatic heterocycles. The number of aromatic nitrogens is 5. The summed E-state index contributed by atoms with van der Waals surface area (Å²) in [5.41, 5.74) is 3.71. The maximum atomic E-state index is 12.9. The number of carboxylic acid groups (broad SMARTS) is 1. The Bertz CT molecular complexity index is 1390. The van der Waals surface area contributed by atoms with E-state index in [1.54, 1.807) is 30.5 Å². The molecule has 1 aliphatic rings. The minimum Gasteiger partial charge on any atom is -0.478 e. The summed E-state index contributed by atoms with van der Waals surface area (Å²) in [4.78, 5) is 28.5. The molecule has 0 saturated heterocycles. The molecule has 4 aromatic rings. The standard InChI is InChI=1S/C23H17ClN6O4/c24-14-3-6-19(30-11-26-28-29-30)16(8-14)13-7-17-20(31)9-18(21(17)25-10-13)22(32)27-15-4-1-12(2-5-15)23(33)34/h1-8,10-11,18,20,31H,9H2,(H,27,32)(H,33,34)/t18-,20?/m0/s1. The number of anilines is 1. The zero-order chi connectivity index (χ0) is 23.8. The molecule has 0 fully saturated rings. The molecule has 0 bridgehead atoms. The Hall–Kier alpha value is -4.15. The fourth-order valence-corrected chi connectivity index (χ4v) is 4.20. The fourth-order valence-electron chi connectivity index (χ4n) is 4.03. The quantitative estimate of drug-likeness (QED) is 0.398. The summed E-state index contributed by atoms with van der Waals surface area (Å²) in [6, 6.07) is 12.9. The van der Waals surface area contributed by atoms with E-state index in [1.807, 2.05) is 0 Å². The van der Waals surface area contributed by atoms with Gasteiger partial charge in [0.25, 0.3) is 0 Å². The fraction of sp³-hybridized carbons (Fsp3) is 0.130. The summed E-state index contributed by atoms with van der Waals surface area (Å²) in [5, 5.41) is 34.3. The van der Waals surface area contributed by atoms with E-state index in [0.29, 0.717) is 38.8 Å². The van der Waals surface area contributed by atoms with E-state index in [9.17, 15) is 14.7 Å². The zero-order valence-corrected chi connectivity index (χ0v) is 18.2. The number of amides is 1. The molecule has 0 radical (unpaired) electrons. The lowest BCUT2D eigenvalue weighted by Gasteiger charge is -2.13. The van der Waals surface area contributed by atoms with Gasteiger partial charge >= 0.3 is 5.97 Å². The van der Waals surface area contributed by atoms with E-state index in [1.165, 1.54) is 35.3 Å². The molecule has 0 spiro atoms. The summed E-state index contributed by atoms with van der Waals surface area (Å²) < 4.78 is 1.50. The van der Waals surface area contributed by atoms with Crippen LogP contribution in [0.15, 0.2) is 61.1 Å². The van der Waals surface area contributed by atoms with Gasteiger partial charge in [-0.05, 0) is 65.4 Å². The van der Waals surface area contributed by atoms with Crippen LogP contribution in [0.25, 0.3) is 16.8 Å². The molecule has 2 aromatic carbocycles. The zero-order valence-electron chi connectivity index (χ0n) is 17.5. The molecule has 170 valence electrons. The Morgan fingerprint density at radius 3 is 2.62 bits per heavy atom. The summed E-state index contributed by atoms with van der Waals surface area (Å²) in [7, 11) is 0. The SMILES string of the molecule is O=C(O)c1ccc(NC(=O)[C@H]2CC(O)c3cc(-c4cc(Cl)ccc4-n4cnnn4)cnc32)cc1. The highest BCUT2D eigenvalue weighted by atomic mass is 35.5. The first-order chi connectivity index (χ1) is 16.4. The summed E-state index contributed by atoms with van der Waals surface area (Å²) in [6.07, 6.45) is 2.40. The van der Waals surface area contributed by atoms with Gasteiger partial charge in [0, 0.05) is 33.6 Å². The predicted octanol–water partition coefficient (Wildman–Crippen LogP) is 3.24. The molecule has 1 unspecified atom stereocenters. The second-order valence-electron chi connectivity index (χ2n) is 7.79. The van der Waals surface area contributed by atoms with Gasteiger partial charge in [-0.2, -0.15) is 4.68 Å². The number of tetrazole rings is 1. The number of carboxylic acids is 1. The molecule has 34 heavy (non-hydrogen) atoms. The highest BCUT2D eigenvalue weighted by Crippen LogP contribution is 2.42. The van der Waals surface area contributed by atoms with E-state index >= 15 is 0 Å². The van der Waals surface area contributed by atoms with E-state index in [2.05, 4.69) is 25.8 Å². The molecule has 1 aliphatic carbocycles. The molecule has 3 N–H and O–H groups in total. The number of carbonyl (C=O) groups is 2. The van der Waals surface area contributed by atoms with Crippen LogP contribution in [0.2, 0.25) is 5.02 Å². The van der Waals surface area contributed by atoms with Crippen LogP contribution in [0.1, 0.15) is 40.1 Å². The number of carbonyl (C=O) groups excluding carboxylic acids is 1. The maximum absolute atomic E-state index is 12.9. The molecule has 1 amide bonds. The van der Waals surface area contributed by atoms with Crippen LogP contribution in [0.5, 0.6) is 0 Å². The molecular formula is C23H17ClN6O4. The van der Waals surface area contributed by atoms with Crippen LogP contribution in [0.4, 0.5) is 5.69 Å². The van der Waals surface area contributed by atoms with Gasteiger partial charge < -0.3 is 15.5 Å². The number of aromatic carboxylic acids is 1. The average Bonchev–Trinajstić information content (AvgIpc) is 3.48. The minimum atomic E-state index is -1.05. The minimum absolute atomic E-state index is 0.121. The van der Waals surface area contributed by atoms with Crippen LogP contribution in [0.3, 0.4) is 0 Å². The number of aliphatic hydroxyl groups is 1. The molecule has 11 heteroatoms. The Labute approximate surface area is 197 Å². The molecular weight excluding hydrogens is 460 g/mol. The van der Waals surface area contributed by atoms with Crippen molar-refractivity contribution in [1.29, 1.82) is 0 Å². The molecule has 2 atom stereocenters. The first-order valence-electron chi connectivity index (χ1n) is 10.3. The van der Waals surface area contributed by atoms with Crippen molar-refractivity contribution in [3.63, 3.8) is 0 Å². The van der Waals surface area contributed by atoms with Gasteiger partial charge in [0.1, 0.15) is 6.33 Å². The number of rotatable bonds is 5.